The standard InChI is InChI=1S/C21H29N9/c1-14(23)21(13-22)6-10-29(11-7-21)17-12-25-18-19(26-17)27-28-20(18)30-9-3-4-15-16(30)5-2-8-24-15/h2,5,8,12,20,28H,1,3-4,6-7,9-11,13,22-23H2,(H,26,27). The lowest BCUT2D eigenvalue weighted by molar-refractivity contribution is 0.280. The minimum atomic E-state index is -0.165. The summed E-state index contributed by atoms with van der Waals surface area (Å²) >= 11 is 0. The Morgan fingerprint density at radius 3 is 2.87 bits per heavy atom. The van der Waals surface area contributed by atoms with E-state index in [1.54, 1.807) is 0 Å². The summed E-state index contributed by atoms with van der Waals surface area (Å²) in [5.74, 6) is 1.66. The van der Waals surface area contributed by atoms with Crippen LogP contribution in [-0.4, -0.2) is 41.1 Å². The van der Waals surface area contributed by atoms with Crippen molar-refractivity contribution in [3.8, 4) is 0 Å². The highest BCUT2D eigenvalue weighted by Crippen LogP contribution is 2.38. The molecule has 0 bridgehead atoms. The fourth-order valence-electron chi connectivity index (χ4n) is 4.77. The number of hydrazine groups is 1. The quantitative estimate of drug-likeness (QED) is 0.593. The van der Waals surface area contributed by atoms with Gasteiger partial charge < -0.3 is 26.7 Å². The number of hydrogen-bond acceptors (Lipinski definition) is 9. The molecule has 30 heavy (non-hydrogen) atoms. The average Bonchev–Trinajstić information content (AvgIpc) is 3.21. The van der Waals surface area contributed by atoms with Gasteiger partial charge in [-0.15, -0.1) is 0 Å². The normalized spacial score (nSPS) is 22.2. The fourth-order valence-corrected chi connectivity index (χ4v) is 4.77. The number of aromatic nitrogens is 3. The number of anilines is 3. The number of piperidine rings is 1. The van der Waals surface area contributed by atoms with Crippen molar-refractivity contribution in [2.24, 2.45) is 16.9 Å². The van der Waals surface area contributed by atoms with Crippen LogP contribution in [0.25, 0.3) is 0 Å². The predicted octanol–water partition coefficient (Wildman–Crippen LogP) is 1.27. The molecule has 0 aliphatic carbocycles. The van der Waals surface area contributed by atoms with Gasteiger partial charge in [0.25, 0.3) is 0 Å². The molecule has 3 aliphatic heterocycles. The van der Waals surface area contributed by atoms with E-state index in [0.717, 1.165) is 74.0 Å². The smallest absolute Gasteiger partial charge is 0.168 e. The van der Waals surface area contributed by atoms with Gasteiger partial charge in [-0.1, -0.05) is 6.58 Å². The van der Waals surface area contributed by atoms with Crippen molar-refractivity contribution in [3.63, 3.8) is 0 Å². The molecule has 3 aliphatic rings. The van der Waals surface area contributed by atoms with Crippen LogP contribution in [0, 0.1) is 5.41 Å². The number of nitrogens with one attached hydrogen (secondary N) is 2. The molecule has 1 unspecified atom stereocenters. The second-order valence-electron chi connectivity index (χ2n) is 8.40. The Hall–Kier alpha value is -2.91. The van der Waals surface area contributed by atoms with E-state index in [9.17, 15) is 0 Å². The van der Waals surface area contributed by atoms with Gasteiger partial charge >= 0.3 is 0 Å². The zero-order valence-electron chi connectivity index (χ0n) is 17.1. The van der Waals surface area contributed by atoms with Crippen molar-refractivity contribution < 1.29 is 0 Å². The van der Waals surface area contributed by atoms with Crippen LogP contribution in [0.2, 0.25) is 0 Å². The van der Waals surface area contributed by atoms with Gasteiger partial charge in [-0.05, 0) is 37.8 Å². The number of fused-ring (bicyclic) bond motifs is 2. The van der Waals surface area contributed by atoms with Crippen LogP contribution < -0.4 is 32.1 Å². The molecule has 2 aromatic rings. The molecule has 1 saturated heterocycles. The van der Waals surface area contributed by atoms with Gasteiger partial charge in [0.05, 0.1) is 17.6 Å². The van der Waals surface area contributed by atoms with Crippen LogP contribution in [0.5, 0.6) is 0 Å². The van der Waals surface area contributed by atoms with Crippen molar-refractivity contribution in [1.29, 1.82) is 0 Å². The minimum Gasteiger partial charge on any atom is -0.402 e. The van der Waals surface area contributed by atoms with E-state index in [0.29, 0.717) is 12.2 Å². The van der Waals surface area contributed by atoms with Crippen LogP contribution >= 0.6 is 0 Å². The molecule has 5 rings (SSSR count). The third-order valence-electron chi connectivity index (χ3n) is 6.79. The molecule has 1 fully saturated rings. The van der Waals surface area contributed by atoms with Crippen LogP contribution in [0.3, 0.4) is 0 Å². The number of rotatable bonds is 4. The van der Waals surface area contributed by atoms with E-state index < -0.39 is 0 Å². The first-order valence-corrected chi connectivity index (χ1v) is 10.6. The number of hydrogen-bond donors (Lipinski definition) is 4. The summed E-state index contributed by atoms with van der Waals surface area (Å²) in [6.07, 6.45) is 7.52. The van der Waals surface area contributed by atoms with Crippen LogP contribution in [0.15, 0.2) is 36.8 Å². The van der Waals surface area contributed by atoms with E-state index >= 15 is 0 Å². The molecule has 158 valence electrons. The van der Waals surface area contributed by atoms with Crippen molar-refractivity contribution in [2.45, 2.75) is 31.8 Å². The molecule has 0 aromatic carbocycles. The van der Waals surface area contributed by atoms with Crippen molar-refractivity contribution in [1.82, 2.24) is 20.4 Å². The summed E-state index contributed by atoms with van der Waals surface area (Å²) in [4.78, 5) is 18.8. The lowest BCUT2D eigenvalue weighted by atomic mass is 9.76. The van der Waals surface area contributed by atoms with Crippen molar-refractivity contribution in [2.75, 3.05) is 41.4 Å². The molecule has 0 radical (unpaired) electrons. The summed E-state index contributed by atoms with van der Waals surface area (Å²) < 4.78 is 0. The maximum absolute atomic E-state index is 6.04. The molecule has 0 saturated carbocycles. The number of nitrogens with two attached hydrogens (primary N) is 2. The van der Waals surface area contributed by atoms with Gasteiger partial charge in [-0.25, -0.2) is 15.4 Å². The summed E-state index contributed by atoms with van der Waals surface area (Å²) in [5.41, 5.74) is 22.4. The lowest BCUT2D eigenvalue weighted by Gasteiger charge is -2.41. The van der Waals surface area contributed by atoms with Gasteiger partial charge in [-0.3, -0.25) is 4.98 Å². The highest BCUT2D eigenvalue weighted by Gasteiger charge is 2.37. The van der Waals surface area contributed by atoms with E-state index in [1.807, 2.05) is 18.5 Å². The van der Waals surface area contributed by atoms with Crippen LogP contribution in [0.4, 0.5) is 17.3 Å². The highest BCUT2D eigenvalue weighted by molar-refractivity contribution is 5.59. The molecule has 9 nitrogen and oxygen atoms in total. The molecule has 6 N–H and O–H groups in total. The third kappa shape index (κ3) is 3.05. The van der Waals surface area contributed by atoms with Gasteiger partial charge in [-0.2, -0.15) is 0 Å². The Kier molecular flexibility index (Phi) is 4.71. The van der Waals surface area contributed by atoms with Crippen LogP contribution in [-0.2, 0) is 6.42 Å². The number of nitrogens with zero attached hydrogens (tertiary/aromatic N) is 5. The minimum absolute atomic E-state index is 0.0587. The second kappa shape index (κ2) is 7.41. The van der Waals surface area contributed by atoms with Gasteiger partial charge in [0.1, 0.15) is 17.7 Å². The first kappa shape index (κ1) is 19.1. The molecule has 2 aromatic heterocycles. The summed E-state index contributed by atoms with van der Waals surface area (Å²) in [6, 6.07) is 4.12. The molecule has 5 heterocycles. The Morgan fingerprint density at radius 2 is 2.10 bits per heavy atom. The van der Waals surface area contributed by atoms with E-state index in [2.05, 4.69) is 38.3 Å². The highest BCUT2D eigenvalue weighted by atomic mass is 15.5. The number of aryl methyl sites for hydroxylation is 1. The molecular formula is C21H29N9. The lowest BCUT2D eigenvalue weighted by Crippen LogP contribution is -2.46. The van der Waals surface area contributed by atoms with Gasteiger partial charge in [0, 0.05) is 43.5 Å². The zero-order chi connectivity index (χ0) is 20.7. The Balaban J connectivity index is 1.35. The number of pyridine rings is 1. The topological polar surface area (TPSA) is 121 Å². The van der Waals surface area contributed by atoms with Gasteiger partial charge in [0.15, 0.2) is 5.82 Å². The largest absolute Gasteiger partial charge is 0.402 e. The molecular weight excluding hydrogens is 378 g/mol. The summed E-state index contributed by atoms with van der Waals surface area (Å²) in [6.45, 7) is 7.12. The maximum Gasteiger partial charge on any atom is 0.168 e. The van der Waals surface area contributed by atoms with E-state index in [4.69, 9.17) is 21.4 Å². The maximum atomic E-state index is 6.04. The molecule has 0 spiro atoms. The van der Waals surface area contributed by atoms with E-state index in [1.165, 1.54) is 0 Å². The average molecular weight is 408 g/mol. The summed E-state index contributed by atoms with van der Waals surface area (Å²) in [7, 11) is 0. The second-order valence-corrected chi connectivity index (χ2v) is 8.40. The Morgan fingerprint density at radius 1 is 1.27 bits per heavy atom. The fraction of sp³-hybridized carbons (Fsp3) is 0.476. The Labute approximate surface area is 176 Å². The Bertz CT molecular complexity index is 951. The molecule has 0 amide bonds. The summed E-state index contributed by atoms with van der Waals surface area (Å²) in [5, 5.41) is 0. The SMILES string of the molecule is C=C(N)C1(CN)CCN(c2cnc3c(n2)NNC3N2CCCc3ncccc32)CC1. The first-order valence-electron chi connectivity index (χ1n) is 10.6. The van der Waals surface area contributed by atoms with Gasteiger partial charge in [0.2, 0.25) is 0 Å². The zero-order valence-corrected chi connectivity index (χ0v) is 17.1. The van der Waals surface area contributed by atoms with Crippen molar-refractivity contribution >= 4 is 17.3 Å². The molecule has 1 atom stereocenters. The molecule has 9 heteroatoms. The predicted molar refractivity (Wildman–Crippen MR) is 118 cm³/mol. The van der Waals surface area contributed by atoms with Crippen LogP contribution in [0.1, 0.15) is 36.8 Å². The first-order chi connectivity index (χ1) is 14.6. The van der Waals surface area contributed by atoms with Crippen molar-refractivity contribution in [3.05, 3.63) is 48.2 Å². The monoisotopic (exact) mass is 407 g/mol. The third-order valence-corrected chi connectivity index (χ3v) is 6.79. The van der Waals surface area contributed by atoms with E-state index in [-0.39, 0.29) is 11.6 Å².